The Hall–Kier alpha value is -0.880. The van der Waals surface area contributed by atoms with Crippen molar-refractivity contribution in [1.29, 1.82) is 0 Å². The van der Waals surface area contributed by atoms with E-state index in [-0.39, 0.29) is 11.9 Å². The maximum absolute atomic E-state index is 11.1. The van der Waals surface area contributed by atoms with Gasteiger partial charge in [-0.1, -0.05) is 37.3 Å². The van der Waals surface area contributed by atoms with E-state index in [9.17, 15) is 4.79 Å². The molecule has 70 valence electrons. The van der Waals surface area contributed by atoms with Crippen LogP contribution in [0.1, 0.15) is 12.5 Å². The highest BCUT2D eigenvalue weighted by Gasteiger charge is 2.12. The van der Waals surface area contributed by atoms with Gasteiger partial charge in [-0.15, -0.1) is 0 Å². The van der Waals surface area contributed by atoms with Crippen LogP contribution >= 0.6 is 9.47 Å². The Morgan fingerprint density at radius 2 is 2.08 bits per heavy atom. The predicted octanol–water partition coefficient (Wildman–Crippen LogP) is 2.20. The maximum Gasteiger partial charge on any atom is 0.311 e. The molecule has 0 aliphatic rings. The van der Waals surface area contributed by atoms with E-state index in [2.05, 4.69) is 4.52 Å². The molecule has 2 unspecified atom stereocenters. The first-order valence-corrected chi connectivity index (χ1v) is 4.65. The topological polar surface area (TPSA) is 26.3 Å². The molecule has 0 spiro atoms. The zero-order chi connectivity index (χ0) is 9.68. The number of benzene rings is 1. The van der Waals surface area contributed by atoms with Gasteiger partial charge in [-0.25, -0.2) is 0 Å². The third kappa shape index (κ3) is 3.16. The van der Waals surface area contributed by atoms with Gasteiger partial charge in [-0.3, -0.25) is 4.79 Å². The van der Waals surface area contributed by atoms with Crippen LogP contribution in [-0.2, 0) is 15.7 Å². The Labute approximate surface area is 80.6 Å². The van der Waals surface area contributed by atoms with Crippen molar-refractivity contribution in [1.82, 2.24) is 0 Å². The van der Waals surface area contributed by atoms with E-state index in [1.54, 1.807) is 0 Å². The normalized spacial score (nSPS) is 12.2. The van der Waals surface area contributed by atoms with Crippen LogP contribution < -0.4 is 0 Å². The van der Waals surface area contributed by atoms with Gasteiger partial charge in [0.2, 0.25) is 0 Å². The summed E-state index contributed by atoms with van der Waals surface area (Å²) >= 11 is 0. The Bertz CT molecular complexity index is 272. The largest absolute Gasteiger partial charge is 0.451 e. The summed E-state index contributed by atoms with van der Waals surface area (Å²) in [5, 5.41) is 0. The number of rotatable bonds is 3. The van der Waals surface area contributed by atoms with Crippen LogP contribution in [0.25, 0.3) is 0 Å². The lowest BCUT2D eigenvalue weighted by molar-refractivity contribution is -0.137. The Kier molecular flexibility index (Phi) is 3.91. The zero-order valence-electron chi connectivity index (χ0n) is 7.57. The van der Waals surface area contributed by atoms with Gasteiger partial charge in [0.1, 0.15) is 0 Å². The summed E-state index contributed by atoms with van der Waals surface area (Å²) in [6.07, 6.45) is 0.730. The number of carbonyl (C=O) groups is 1. The fourth-order valence-corrected chi connectivity index (χ4v) is 1.40. The van der Waals surface area contributed by atoms with Crippen molar-refractivity contribution in [2.45, 2.75) is 13.3 Å². The molecular weight excluding hydrogens is 183 g/mol. The third-order valence-corrected chi connectivity index (χ3v) is 2.14. The average molecular weight is 196 g/mol. The molecule has 1 aromatic carbocycles. The first kappa shape index (κ1) is 10.2. The lowest BCUT2D eigenvalue weighted by Gasteiger charge is -2.07. The second-order valence-electron chi connectivity index (χ2n) is 3.03. The summed E-state index contributed by atoms with van der Waals surface area (Å²) in [5.74, 6) is -0.270. The molecule has 0 radical (unpaired) electrons. The van der Waals surface area contributed by atoms with E-state index in [4.69, 9.17) is 0 Å². The van der Waals surface area contributed by atoms with Crippen LogP contribution in [0.2, 0.25) is 0 Å². The predicted molar refractivity (Wildman–Crippen MR) is 55.1 cm³/mol. The standard InChI is InChI=1S/C10H13O2P/c1-8(10(11)12-13)7-9-5-3-2-4-6-9/h2-6,8H,7,13H2,1H3. The number of hydrogen-bond acceptors (Lipinski definition) is 2. The minimum Gasteiger partial charge on any atom is -0.451 e. The van der Waals surface area contributed by atoms with Crippen molar-refractivity contribution in [3.05, 3.63) is 35.9 Å². The average Bonchev–Trinajstić information content (AvgIpc) is 2.18. The molecule has 0 N–H and O–H groups in total. The van der Waals surface area contributed by atoms with Crippen LogP contribution in [0.4, 0.5) is 0 Å². The molecule has 13 heavy (non-hydrogen) atoms. The van der Waals surface area contributed by atoms with Gasteiger partial charge in [-0.05, 0) is 12.0 Å². The summed E-state index contributed by atoms with van der Waals surface area (Å²) < 4.78 is 4.56. The van der Waals surface area contributed by atoms with Crippen molar-refractivity contribution in [3.8, 4) is 0 Å². The van der Waals surface area contributed by atoms with E-state index in [0.29, 0.717) is 0 Å². The van der Waals surface area contributed by atoms with Crippen molar-refractivity contribution in [3.63, 3.8) is 0 Å². The molecule has 3 heteroatoms. The highest BCUT2D eigenvalue weighted by molar-refractivity contribution is 7.10. The second kappa shape index (κ2) is 4.98. The summed E-state index contributed by atoms with van der Waals surface area (Å²) in [7, 11) is 1.98. The highest BCUT2D eigenvalue weighted by atomic mass is 31.0. The molecular formula is C10H13O2P. The lowest BCUT2D eigenvalue weighted by atomic mass is 10.0. The molecule has 0 saturated heterocycles. The van der Waals surface area contributed by atoms with Crippen LogP contribution in [0.5, 0.6) is 0 Å². The summed E-state index contributed by atoms with van der Waals surface area (Å²) in [4.78, 5) is 11.1. The van der Waals surface area contributed by atoms with Gasteiger partial charge in [0, 0.05) is 0 Å². The second-order valence-corrected chi connectivity index (χ2v) is 3.26. The van der Waals surface area contributed by atoms with E-state index >= 15 is 0 Å². The van der Waals surface area contributed by atoms with E-state index in [1.165, 1.54) is 0 Å². The van der Waals surface area contributed by atoms with Gasteiger partial charge in [0.25, 0.3) is 0 Å². The molecule has 0 fully saturated rings. The Morgan fingerprint density at radius 3 is 2.62 bits per heavy atom. The lowest BCUT2D eigenvalue weighted by Crippen LogP contribution is -2.12. The van der Waals surface area contributed by atoms with Gasteiger partial charge >= 0.3 is 5.97 Å². The fourth-order valence-electron chi connectivity index (χ4n) is 1.17. The summed E-state index contributed by atoms with van der Waals surface area (Å²) in [5.41, 5.74) is 1.16. The third-order valence-electron chi connectivity index (χ3n) is 1.90. The number of carbonyl (C=O) groups excluding carboxylic acids is 1. The first-order chi connectivity index (χ1) is 6.24. The summed E-state index contributed by atoms with van der Waals surface area (Å²) in [6.45, 7) is 1.86. The van der Waals surface area contributed by atoms with Gasteiger partial charge in [0.05, 0.1) is 15.4 Å². The van der Waals surface area contributed by atoms with Crippen molar-refractivity contribution in [2.75, 3.05) is 0 Å². The molecule has 0 aromatic heterocycles. The molecule has 0 amide bonds. The zero-order valence-corrected chi connectivity index (χ0v) is 8.72. The van der Waals surface area contributed by atoms with Crippen LogP contribution in [0, 0.1) is 5.92 Å². The first-order valence-electron chi connectivity index (χ1n) is 4.18. The Balaban J connectivity index is 2.55. The quantitative estimate of drug-likeness (QED) is 0.693. The van der Waals surface area contributed by atoms with E-state index in [1.807, 2.05) is 46.7 Å². The van der Waals surface area contributed by atoms with Crippen LogP contribution in [0.15, 0.2) is 30.3 Å². The van der Waals surface area contributed by atoms with Crippen molar-refractivity contribution >= 4 is 15.4 Å². The molecule has 1 rings (SSSR count). The molecule has 0 saturated carbocycles. The SMILES string of the molecule is CC(Cc1ccccc1)C(=O)OP. The number of hydrogen-bond donors (Lipinski definition) is 0. The van der Waals surface area contributed by atoms with Crippen LogP contribution in [0.3, 0.4) is 0 Å². The van der Waals surface area contributed by atoms with Gasteiger partial charge < -0.3 is 4.52 Å². The molecule has 0 aliphatic carbocycles. The van der Waals surface area contributed by atoms with E-state index < -0.39 is 0 Å². The molecule has 0 aliphatic heterocycles. The van der Waals surface area contributed by atoms with Gasteiger partial charge in [-0.2, -0.15) is 0 Å². The molecule has 2 nitrogen and oxygen atoms in total. The molecule has 2 atom stereocenters. The van der Waals surface area contributed by atoms with E-state index in [0.717, 1.165) is 12.0 Å². The Morgan fingerprint density at radius 1 is 1.46 bits per heavy atom. The smallest absolute Gasteiger partial charge is 0.311 e. The van der Waals surface area contributed by atoms with Crippen LogP contribution in [-0.4, -0.2) is 5.97 Å². The molecule has 1 aromatic rings. The maximum atomic E-state index is 11.1. The van der Waals surface area contributed by atoms with Crippen molar-refractivity contribution in [2.24, 2.45) is 5.92 Å². The summed E-state index contributed by atoms with van der Waals surface area (Å²) in [6, 6.07) is 9.91. The molecule has 0 heterocycles. The van der Waals surface area contributed by atoms with Gasteiger partial charge in [0.15, 0.2) is 0 Å². The minimum absolute atomic E-state index is 0.0834. The fraction of sp³-hybridized carbons (Fsp3) is 0.300. The monoisotopic (exact) mass is 196 g/mol. The highest BCUT2D eigenvalue weighted by Crippen LogP contribution is 2.10. The van der Waals surface area contributed by atoms with Crippen molar-refractivity contribution < 1.29 is 9.32 Å². The minimum atomic E-state index is -0.186. The molecule has 0 bridgehead atoms.